The molecule has 4 nitrogen and oxygen atoms in total. The molecule has 0 unspecified atom stereocenters. The lowest BCUT2D eigenvalue weighted by atomic mass is 10.0. The molecule has 2 N–H and O–H groups in total. The van der Waals surface area contributed by atoms with Crippen molar-refractivity contribution in [3.8, 4) is 0 Å². The number of hydrogen-bond acceptors (Lipinski definition) is 2. The molecule has 0 saturated heterocycles. The molecule has 0 bridgehead atoms. The van der Waals surface area contributed by atoms with E-state index in [-0.39, 0.29) is 5.91 Å². The number of aryl methyl sites for hydroxylation is 2. The van der Waals surface area contributed by atoms with E-state index >= 15 is 0 Å². The number of imidazole rings is 1. The van der Waals surface area contributed by atoms with Gasteiger partial charge < -0.3 is 10.3 Å². The van der Waals surface area contributed by atoms with E-state index in [9.17, 15) is 4.79 Å². The summed E-state index contributed by atoms with van der Waals surface area (Å²) in [5.74, 6) is -0.0552. The zero-order valence-corrected chi connectivity index (χ0v) is 12.8. The summed E-state index contributed by atoms with van der Waals surface area (Å²) in [6.45, 7) is 4.84. The molecule has 1 amide bonds. The fraction of sp³-hybridized carbons (Fsp3) is 0.222. The van der Waals surface area contributed by atoms with Gasteiger partial charge >= 0.3 is 0 Å². The van der Waals surface area contributed by atoms with Gasteiger partial charge in [-0.1, -0.05) is 18.2 Å². The van der Waals surface area contributed by atoms with Crippen molar-refractivity contribution in [1.82, 2.24) is 15.3 Å². The Morgan fingerprint density at radius 2 is 2.00 bits per heavy atom. The first-order chi connectivity index (χ1) is 10.6. The molecule has 0 aliphatic heterocycles. The SMILES string of the molecule is Cc1ccc(CCNC(=O)c2ccc3nc[nH]c3c2)cc1C. The van der Waals surface area contributed by atoms with Gasteiger partial charge in [-0.05, 0) is 55.2 Å². The van der Waals surface area contributed by atoms with Crippen LogP contribution < -0.4 is 5.32 Å². The summed E-state index contributed by atoms with van der Waals surface area (Å²) in [4.78, 5) is 19.3. The molecule has 0 aliphatic carbocycles. The van der Waals surface area contributed by atoms with Crippen LogP contribution in [0.4, 0.5) is 0 Å². The molecule has 4 heteroatoms. The topological polar surface area (TPSA) is 57.8 Å². The molecule has 0 fully saturated rings. The minimum atomic E-state index is -0.0552. The maximum absolute atomic E-state index is 12.2. The van der Waals surface area contributed by atoms with Crippen LogP contribution in [0.5, 0.6) is 0 Å². The fourth-order valence-corrected chi connectivity index (χ4v) is 2.46. The van der Waals surface area contributed by atoms with E-state index in [0.29, 0.717) is 12.1 Å². The predicted molar refractivity (Wildman–Crippen MR) is 88.0 cm³/mol. The number of nitrogens with one attached hydrogen (secondary N) is 2. The molecule has 1 aromatic heterocycles. The molecule has 0 spiro atoms. The third-order valence-corrected chi connectivity index (χ3v) is 3.95. The lowest BCUT2D eigenvalue weighted by Crippen LogP contribution is -2.25. The Hall–Kier alpha value is -2.62. The van der Waals surface area contributed by atoms with Crippen molar-refractivity contribution in [3.05, 3.63) is 65.0 Å². The molecule has 0 radical (unpaired) electrons. The van der Waals surface area contributed by atoms with E-state index in [2.05, 4.69) is 47.3 Å². The average Bonchev–Trinajstić information content (AvgIpc) is 2.98. The zero-order chi connectivity index (χ0) is 15.5. The van der Waals surface area contributed by atoms with Gasteiger partial charge in [-0.25, -0.2) is 4.98 Å². The molecule has 0 atom stereocenters. The maximum Gasteiger partial charge on any atom is 0.251 e. The second-order valence-corrected chi connectivity index (χ2v) is 5.56. The highest BCUT2D eigenvalue weighted by molar-refractivity contribution is 5.97. The van der Waals surface area contributed by atoms with Crippen molar-refractivity contribution in [3.63, 3.8) is 0 Å². The molecule has 112 valence electrons. The standard InChI is InChI=1S/C18H19N3O/c1-12-3-4-14(9-13(12)2)7-8-19-18(22)15-5-6-16-17(10-15)21-11-20-16/h3-6,9-11H,7-8H2,1-2H3,(H,19,22)(H,20,21). The molecule has 3 rings (SSSR count). The third-order valence-electron chi connectivity index (χ3n) is 3.95. The monoisotopic (exact) mass is 293 g/mol. The molecule has 3 aromatic rings. The van der Waals surface area contributed by atoms with Gasteiger partial charge in [0.1, 0.15) is 0 Å². The normalized spacial score (nSPS) is 10.8. The fourth-order valence-electron chi connectivity index (χ4n) is 2.46. The van der Waals surface area contributed by atoms with Crippen LogP contribution in [0.15, 0.2) is 42.7 Å². The molecule has 0 aliphatic rings. The Morgan fingerprint density at radius 1 is 1.14 bits per heavy atom. The van der Waals surface area contributed by atoms with Gasteiger partial charge in [0.2, 0.25) is 0 Å². The molecular weight excluding hydrogens is 274 g/mol. The van der Waals surface area contributed by atoms with Gasteiger partial charge in [-0.3, -0.25) is 4.79 Å². The first-order valence-electron chi connectivity index (χ1n) is 7.41. The van der Waals surface area contributed by atoms with Crippen molar-refractivity contribution < 1.29 is 4.79 Å². The third kappa shape index (κ3) is 3.01. The summed E-state index contributed by atoms with van der Waals surface area (Å²) >= 11 is 0. The maximum atomic E-state index is 12.2. The highest BCUT2D eigenvalue weighted by Gasteiger charge is 2.07. The Balaban J connectivity index is 1.60. The van der Waals surface area contributed by atoms with Crippen LogP contribution >= 0.6 is 0 Å². The first kappa shape index (κ1) is 14.3. The zero-order valence-electron chi connectivity index (χ0n) is 12.8. The second kappa shape index (κ2) is 6.02. The molecular formula is C18H19N3O. The number of fused-ring (bicyclic) bond motifs is 1. The number of hydrogen-bond donors (Lipinski definition) is 2. The van der Waals surface area contributed by atoms with Crippen LogP contribution in [0.25, 0.3) is 11.0 Å². The van der Waals surface area contributed by atoms with Crippen LogP contribution in [-0.2, 0) is 6.42 Å². The van der Waals surface area contributed by atoms with Gasteiger partial charge in [-0.2, -0.15) is 0 Å². The van der Waals surface area contributed by atoms with E-state index < -0.39 is 0 Å². The van der Waals surface area contributed by atoms with Crippen molar-refractivity contribution in [2.75, 3.05) is 6.54 Å². The summed E-state index contributed by atoms with van der Waals surface area (Å²) in [5.41, 5.74) is 6.21. The van der Waals surface area contributed by atoms with Gasteiger partial charge in [-0.15, -0.1) is 0 Å². The van der Waals surface area contributed by atoms with Crippen molar-refractivity contribution >= 4 is 16.9 Å². The Morgan fingerprint density at radius 3 is 2.82 bits per heavy atom. The average molecular weight is 293 g/mol. The van der Waals surface area contributed by atoms with Crippen molar-refractivity contribution in [2.45, 2.75) is 20.3 Å². The largest absolute Gasteiger partial charge is 0.352 e. The second-order valence-electron chi connectivity index (χ2n) is 5.56. The molecule has 0 saturated carbocycles. The van der Waals surface area contributed by atoms with Crippen LogP contribution in [0.3, 0.4) is 0 Å². The number of H-pyrrole nitrogens is 1. The minimum Gasteiger partial charge on any atom is -0.352 e. The van der Waals surface area contributed by atoms with Crippen LogP contribution in [-0.4, -0.2) is 22.4 Å². The van der Waals surface area contributed by atoms with E-state index in [1.54, 1.807) is 12.4 Å². The smallest absolute Gasteiger partial charge is 0.251 e. The van der Waals surface area contributed by atoms with E-state index in [0.717, 1.165) is 17.5 Å². The Kier molecular flexibility index (Phi) is 3.92. The number of carbonyl (C=O) groups is 1. The molecule has 2 aromatic carbocycles. The first-order valence-corrected chi connectivity index (χ1v) is 7.41. The lowest BCUT2D eigenvalue weighted by molar-refractivity contribution is 0.0954. The summed E-state index contributed by atoms with van der Waals surface area (Å²) < 4.78 is 0. The Bertz CT molecular complexity index is 820. The number of rotatable bonds is 4. The van der Waals surface area contributed by atoms with E-state index in [1.807, 2.05) is 12.1 Å². The number of aromatic amines is 1. The number of amides is 1. The van der Waals surface area contributed by atoms with Crippen LogP contribution in [0.1, 0.15) is 27.0 Å². The number of aromatic nitrogens is 2. The van der Waals surface area contributed by atoms with Gasteiger partial charge in [0, 0.05) is 12.1 Å². The number of nitrogens with zero attached hydrogens (tertiary/aromatic N) is 1. The summed E-state index contributed by atoms with van der Waals surface area (Å²) in [6.07, 6.45) is 2.46. The summed E-state index contributed by atoms with van der Waals surface area (Å²) in [5, 5.41) is 2.97. The quantitative estimate of drug-likeness (QED) is 0.776. The predicted octanol–water partition coefficient (Wildman–Crippen LogP) is 3.15. The number of carbonyl (C=O) groups excluding carboxylic acids is 1. The van der Waals surface area contributed by atoms with Crippen LogP contribution in [0, 0.1) is 13.8 Å². The number of benzene rings is 2. The van der Waals surface area contributed by atoms with Crippen molar-refractivity contribution in [2.24, 2.45) is 0 Å². The van der Waals surface area contributed by atoms with Crippen molar-refractivity contribution in [1.29, 1.82) is 0 Å². The van der Waals surface area contributed by atoms with Gasteiger partial charge in [0.15, 0.2) is 0 Å². The highest BCUT2D eigenvalue weighted by atomic mass is 16.1. The minimum absolute atomic E-state index is 0.0552. The lowest BCUT2D eigenvalue weighted by Gasteiger charge is -2.07. The van der Waals surface area contributed by atoms with Crippen LogP contribution in [0.2, 0.25) is 0 Å². The highest BCUT2D eigenvalue weighted by Crippen LogP contribution is 2.12. The van der Waals surface area contributed by atoms with Gasteiger partial charge in [0.25, 0.3) is 5.91 Å². The van der Waals surface area contributed by atoms with E-state index in [1.165, 1.54) is 16.7 Å². The summed E-state index contributed by atoms with van der Waals surface area (Å²) in [7, 11) is 0. The summed E-state index contributed by atoms with van der Waals surface area (Å²) in [6, 6.07) is 11.9. The van der Waals surface area contributed by atoms with E-state index in [4.69, 9.17) is 0 Å². The Labute approximate surface area is 129 Å². The van der Waals surface area contributed by atoms with Gasteiger partial charge in [0.05, 0.1) is 17.4 Å². The molecule has 22 heavy (non-hydrogen) atoms. The molecule has 1 heterocycles.